The van der Waals surface area contributed by atoms with Crippen LogP contribution in [0.4, 0.5) is 5.69 Å². The predicted molar refractivity (Wildman–Crippen MR) is 79.2 cm³/mol. The van der Waals surface area contributed by atoms with Crippen LogP contribution in [0.2, 0.25) is 0 Å². The fourth-order valence-corrected chi connectivity index (χ4v) is 2.10. The number of aromatic nitrogens is 2. The number of imidazole rings is 1. The number of hydrogen-bond acceptors (Lipinski definition) is 3. The average molecular weight is 258 g/mol. The summed E-state index contributed by atoms with van der Waals surface area (Å²) in [7, 11) is 0. The lowest BCUT2D eigenvalue weighted by molar-refractivity contribution is 0.706. The highest BCUT2D eigenvalue weighted by Gasteiger charge is 2.07. The summed E-state index contributed by atoms with van der Waals surface area (Å²) in [5.74, 6) is 0. The minimum absolute atomic E-state index is 0.644. The molecule has 4 nitrogen and oxygen atoms in total. The van der Waals surface area contributed by atoms with Gasteiger partial charge in [0.2, 0.25) is 0 Å². The van der Waals surface area contributed by atoms with Crippen LogP contribution in [0.15, 0.2) is 36.8 Å². The lowest BCUT2D eigenvalue weighted by Gasteiger charge is -2.22. The van der Waals surface area contributed by atoms with Crippen LogP contribution < -0.4 is 10.6 Å². The summed E-state index contributed by atoms with van der Waals surface area (Å²) in [5, 5.41) is 0. The van der Waals surface area contributed by atoms with Gasteiger partial charge in [-0.2, -0.15) is 0 Å². The summed E-state index contributed by atoms with van der Waals surface area (Å²) in [5.41, 5.74) is 9.14. The molecular weight excluding hydrogens is 236 g/mol. The standard InChI is InChI=1S/C15H22N4/c1-3-19(15-6-4-13(2)5-7-15)11-14-10-18(9-8-16)12-17-14/h4-7,10,12H,3,8-9,11,16H2,1-2H3. The quantitative estimate of drug-likeness (QED) is 0.864. The van der Waals surface area contributed by atoms with Crippen LogP contribution in [-0.4, -0.2) is 22.6 Å². The molecule has 1 aromatic carbocycles. The summed E-state index contributed by atoms with van der Waals surface area (Å²) in [4.78, 5) is 6.75. The molecule has 0 aliphatic carbocycles. The minimum Gasteiger partial charge on any atom is -0.366 e. The summed E-state index contributed by atoms with van der Waals surface area (Å²) in [6.07, 6.45) is 3.93. The molecule has 0 unspecified atom stereocenters. The van der Waals surface area contributed by atoms with E-state index in [1.165, 1.54) is 11.3 Å². The van der Waals surface area contributed by atoms with Gasteiger partial charge < -0.3 is 15.2 Å². The van der Waals surface area contributed by atoms with Gasteiger partial charge in [0.1, 0.15) is 0 Å². The highest BCUT2D eigenvalue weighted by Crippen LogP contribution is 2.17. The molecule has 0 spiro atoms. The molecule has 0 bridgehead atoms. The molecule has 2 rings (SSSR count). The van der Waals surface area contributed by atoms with Crippen LogP contribution >= 0.6 is 0 Å². The molecule has 4 heteroatoms. The maximum atomic E-state index is 5.54. The summed E-state index contributed by atoms with van der Waals surface area (Å²) in [6, 6.07) is 8.61. The monoisotopic (exact) mass is 258 g/mol. The van der Waals surface area contributed by atoms with E-state index in [9.17, 15) is 0 Å². The summed E-state index contributed by atoms with van der Waals surface area (Å²) < 4.78 is 2.04. The molecule has 0 saturated heterocycles. The van der Waals surface area contributed by atoms with Crippen molar-refractivity contribution in [3.05, 3.63) is 48.0 Å². The van der Waals surface area contributed by atoms with E-state index in [0.717, 1.165) is 25.3 Å². The predicted octanol–water partition coefficient (Wildman–Crippen LogP) is 2.18. The van der Waals surface area contributed by atoms with Crippen LogP contribution in [0.5, 0.6) is 0 Å². The van der Waals surface area contributed by atoms with Crippen molar-refractivity contribution in [2.24, 2.45) is 5.73 Å². The summed E-state index contributed by atoms with van der Waals surface area (Å²) >= 11 is 0. The first kappa shape index (κ1) is 13.6. The van der Waals surface area contributed by atoms with Gasteiger partial charge in [0.05, 0.1) is 18.6 Å². The van der Waals surface area contributed by atoms with E-state index in [-0.39, 0.29) is 0 Å². The van der Waals surface area contributed by atoms with Crippen molar-refractivity contribution in [3.63, 3.8) is 0 Å². The highest BCUT2D eigenvalue weighted by atomic mass is 15.1. The van der Waals surface area contributed by atoms with Crippen molar-refractivity contribution >= 4 is 5.69 Å². The fourth-order valence-electron chi connectivity index (χ4n) is 2.10. The molecule has 1 aromatic heterocycles. The number of benzene rings is 1. The zero-order valence-corrected chi connectivity index (χ0v) is 11.7. The second-order valence-corrected chi connectivity index (χ2v) is 4.74. The highest BCUT2D eigenvalue weighted by molar-refractivity contribution is 5.47. The first-order valence-corrected chi connectivity index (χ1v) is 6.75. The smallest absolute Gasteiger partial charge is 0.0950 e. The first-order chi connectivity index (χ1) is 9.22. The molecule has 0 amide bonds. The Balaban J connectivity index is 2.07. The number of aryl methyl sites for hydroxylation is 1. The topological polar surface area (TPSA) is 47.1 Å². The van der Waals surface area contributed by atoms with E-state index in [2.05, 4.69) is 54.2 Å². The lowest BCUT2D eigenvalue weighted by atomic mass is 10.2. The molecule has 102 valence electrons. The minimum atomic E-state index is 0.644. The fraction of sp³-hybridized carbons (Fsp3) is 0.400. The summed E-state index contributed by atoms with van der Waals surface area (Å²) in [6.45, 7) is 7.53. The van der Waals surface area contributed by atoms with Crippen LogP contribution in [0.3, 0.4) is 0 Å². The number of hydrogen-bond donors (Lipinski definition) is 1. The van der Waals surface area contributed by atoms with Gasteiger partial charge in [-0.05, 0) is 26.0 Å². The van der Waals surface area contributed by atoms with Crippen LogP contribution in [-0.2, 0) is 13.1 Å². The normalized spacial score (nSPS) is 10.7. The Kier molecular flexibility index (Phi) is 4.58. The van der Waals surface area contributed by atoms with E-state index in [1.807, 2.05) is 10.9 Å². The Morgan fingerprint density at radius 2 is 2.00 bits per heavy atom. The van der Waals surface area contributed by atoms with Gasteiger partial charge in [0.15, 0.2) is 0 Å². The van der Waals surface area contributed by atoms with E-state index in [0.29, 0.717) is 6.54 Å². The molecule has 0 radical (unpaired) electrons. The van der Waals surface area contributed by atoms with Crippen molar-refractivity contribution in [2.75, 3.05) is 18.0 Å². The van der Waals surface area contributed by atoms with Crippen LogP contribution in [0, 0.1) is 6.92 Å². The number of rotatable bonds is 6. The number of nitrogens with two attached hydrogens (primary N) is 1. The van der Waals surface area contributed by atoms with Crippen molar-refractivity contribution in [1.82, 2.24) is 9.55 Å². The van der Waals surface area contributed by atoms with E-state index >= 15 is 0 Å². The average Bonchev–Trinajstić information content (AvgIpc) is 2.85. The van der Waals surface area contributed by atoms with Gasteiger partial charge in [0.25, 0.3) is 0 Å². The van der Waals surface area contributed by atoms with Crippen molar-refractivity contribution < 1.29 is 0 Å². The zero-order valence-electron chi connectivity index (χ0n) is 11.7. The largest absolute Gasteiger partial charge is 0.366 e. The number of nitrogens with zero attached hydrogens (tertiary/aromatic N) is 3. The molecule has 1 heterocycles. The maximum Gasteiger partial charge on any atom is 0.0950 e. The second kappa shape index (κ2) is 6.38. The van der Waals surface area contributed by atoms with Gasteiger partial charge in [0, 0.05) is 31.5 Å². The van der Waals surface area contributed by atoms with Gasteiger partial charge in [-0.1, -0.05) is 17.7 Å². The van der Waals surface area contributed by atoms with Gasteiger partial charge in [-0.3, -0.25) is 0 Å². The third-order valence-electron chi connectivity index (χ3n) is 3.21. The molecule has 0 aliphatic rings. The molecule has 0 fully saturated rings. The molecule has 0 atom stereocenters. The Bertz CT molecular complexity index is 501. The van der Waals surface area contributed by atoms with Crippen molar-refractivity contribution in [3.8, 4) is 0 Å². The molecule has 19 heavy (non-hydrogen) atoms. The van der Waals surface area contributed by atoms with Crippen molar-refractivity contribution in [2.45, 2.75) is 26.9 Å². The lowest BCUT2D eigenvalue weighted by Crippen LogP contribution is -2.22. The van der Waals surface area contributed by atoms with Gasteiger partial charge >= 0.3 is 0 Å². The molecule has 2 aromatic rings. The SMILES string of the molecule is CCN(Cc1cn(CCN)cn1)c1ccc(C)cc1. The Morgan fingerprint density at radius 1 is 1.26 bits per heavy atom. The zero-order chi connectivity index (χ0) is 13.7. The van der Waals surface area contributed by atoms with E-state index < -0.39 is 0 Å². The molecule has 0 saturated carbocycles. The molecule has 2 N–H and O–H groups in total. The second-order valence-electron chi connectivity index (χ2n) is 4.74. The third kappa shape index (κ3) is 3.58. The Hall–Kier alpha value is -1.81. The first-order valence-electron chi connectivity index (χ1n) is 6.75. The van der Waals surface area contributed by atoms with Crippen LogP contribution in [0.25, 0.3) is 0 Å². The van der Waals surface area contributed by atoms with Gasteiger partial charge in [-0.15, -0.1) is 0 Å². The molecular formula is C15H22N4. The van der Waals surface area contributed by atoms with Crippen molar-refractivity contribution in [1.29, 1.82) is 0 Å². The van der Waals surface area contributed by atoms with Gasteiger partial charge in [-0.25, -0.2) is 4.98 Å². The van der Waals surface area contributed by atoms with Crippen LogP contribution in [0.1, 0.15) is 18.2 Å². The Morgan fingerprint density at radius 3 is 2.63 bits per heavy atom. The van der Waals surface area contributed by atoms with E-state index in [1.54, 1.807) is 0 Å². The third-order valence-corrected chi connectivity index (χ3v) is 3.21. The Labute approximate surface area is 114 Å². The van der Waals surface area contributed by atoms with E-state index in [4.69, 9.17) is 5.73 Å². The maximum absolute atomic E-state index is 5.54. The number of anilines is 1. The molecule has 0 aliphatic heterocycles.